The molecule has 0 saturated carbocycles. The van der Waals surface area contributed by atoms with Gasteiger partial charge < -0.3 is 20.1 Å². The van der Waals surface area contributed by atoms with Crippen LogP contribution in [0.1, 0.15) is 52.5 Å². The van der Waals surface area contributed by atoms with Crippen molar-refractivity contribution in [3.8, 4) is 17.6 Å². The van der Waals surface area contributed by atoms with Crippen molar-refractivity contribution in [2.24, 2.45) is 5.92 Å². The van der Waals surface area contributed by atoms with Crippen LogP contribution in [0, 0.1) is 17.8 Å². The molecule has 3 atom stereocenters. The second-order valence-electron chi connectivity index (χ2n) is 8.57. The largest absolute Gasteiger partial charge is 0.487 e. The zero-order valence-corrected chi connectivity index (χ0v) is 21.1. The number of amides is 2. The average molecular weight is 480 g/mol. The number of aliphatic hydroxyl groups excluding tert-OH is 1. The fourth-order valence-electron chi connectivity index (χ4n) is 3.53. The van der Waals surface area contributed by atoms with Crippen LogP contribution in [0.15, 0.2) is 23.1 Å². The van der Waals surface area contributed by atoms with E-state index < -0.39 is 22.2 Å². The lowest BCUT2D eigenvalue weighted by atomic mass is 10.0. The smallest absolute Gasteiger partial charge is 0.317 e. The molecule has 1 aromatic rings. The minimum absolute atomic E-state index is 0.0406. The summed E-state index contributed by atoms with van der Waals surface area (Å²) < 4.78 is 34.5. The number of nitrogens with one attached hydrogen (secondary N) is 1. The first-order valence-electron chi connectivity index (χ1n) is 11.6. The van der Waals surface area contributed by atoms with E-state index in [9.17, 15) is 18.3 Å². The SMILES string of the molecule is CCCC#Cc1ccc2c(c1)O[C@H](CN(C)C(=O)NCCC)[C@@H](C)CN([C@@H](C)CO)S2(=O)=O. The molecule has 8 nitrogen and oxygen atoms in total. The molecule has 0 saturated heterocycles. The Hall–Kier alpha value is -2.28. The quantitative estimate of drug-likeness (QED) is 0.586. The average Bonchev–Trinajstić information content (AvgIpc) is 2.79. The Morgan fingerprint density at radius 3 is 2.73 bits per heavy atom. The molecular weight excluding hydrogens is 442 g/mol. The third-order valence-corrected chi connectivity index (χ3v) is 7.62. The van der Waals surface area contributed by atoms with Gasteiger partial charge in [0.05, 0.1) is 13.2 Å². The number of unbranched alkanes of at least 4 members (excludes halogenated alkanes) is 1. The van der Waals surface area contributed by atoms with Crippen LogP contribution in [0.2, 0.25) is 0 Å². The molecule has 1 aliphatic rings. The van der Waals surface area contributed by atoms with Crippen LogP contribution in [0.25, 0.3) is 0 Å². The molecule has 0 radical (unpaired) electrons. The molecule has 2 amide bonds. The first-order chi connectivity index (χ1) is 15.6. The fraction of sp³-hybridized carbons (Fsp3) is 0.625. The number of sulfonamides is 1. The van der Waals surface area contributed by atoms with Gasteiger partial charge in [-0.1, -0.05) is 32.6 Å². The highest BCUT2D eigenvalue weighted by atomic mass is 32.2. The summed E-state index contributed by atoms with van der Waals surface area (Å²) in [6.07, 6.45) is 2.05. The Kier molecular flexibility index (Phi) is 10.0. The summed E-state index contributed by atoms with van der Waals surface area (Å²) in [5.41, 5.74) is 0.667. The molecule has 9 heteroatoms. The topological polar surface area (TPSA) is 99.2 Å². The molecule has 33 heavy (non-hydrogen) atoms. The zero-order valence-electron chi connectivity index (χ0n) is 20.3. The third kappa shape index (κ3) is 6.85. The minimum atomic E-state index is -3.90. The molecule has 2 rings (SSSR count). The van der Waals surface area contributed by atoms with Gasteiger partial charge in [0.15, 0.2) is 0 Å². The van der Waals surface area contributed by atoms with Gasteiger partial charge >= 0.3 is 6.03 Å². The Balaban J connectivity index is 2.48. The minimum Gasteiger partial charge on any atom is -0.487 e. The number of carbonyl (C=O) groups is 1. The first kappa shape index (κ1) is 27.0. The molecular formula is C24H37N3O5S. The maximum absolute atomic E-state index is 13.5. The van der Waals surface area contributed by atoms with Gasteiger partial charge in [-0.05, 0) is 38.0 Å². The van der Waals surface area contributed by atoms with Crippen LogP contribution >= 0.6 is 0 Å². The van der Waals surface area contributed by atoms with Gasteiger partial charge in [0.1, 0.15) is 16.7 Å². The summed E-state index contributed by atoms with van der Waals surface area (Å²) in [7, 11) is -2.21. The highest BCUT2D eigenvalue weighted by Crippen LogP contribution is 2.34. The second-order valence-corrected chi connectivity index (χ2v) is 10.4. The summed E-state index contributed by atoms with van der Waals surface area (Å²) in [6.45, 7) is 8.32. The molecule has 1 aromatic carbocycles. The van der Waals surface area contributed by atoms with Gasteiger partial charge in [-0.25, -0.2) is 13.2 Å². The van der Waals surface area contributed by atoms with E-state index in [0.29, 0.717) is 12.1 Å². The monoisotopic (exact) mass is 479 g/mol. The van der Waals surface area contributed by atoms with Crippen molar-refractivity contribution in [2.45, 2.75) is 64.0 Å². The van der Waals surface area contributed by atoms with Gasteiger partial charge in [-0.3, -0.25) is 0 Å². The summed E-state index contributed by atoms with van der Waals surface area (Å²) in [5, 5.41) is 12.6. The highest BCUT2D eigenvalue weighted by molar-refractivity contribution is 7.89. The molecule has 184 valence electrons. The maximum atomic E-state index is 13.5. The Morgan fingerprint density at radius 2 is 2.09 bits per heavy atom. The van der Waals surface area contributed by atoms with E-state index in [1.807, 2.05) is 20.8 Å². The van der Waals surface area contributed by atoms with Gasteiger partial charge in [-0.2, -0.15) is 4.31 Å². The maximum Gasteiger partial charge on any atom is 0.317 e. The van der Waals surface area contributed by atoms with Crippen molar-refractivity contribution in [2.75, 3.05) is 33.3 Å². The zero-order chi connectivity index (χ0) is 24.6. The van der Waals surface area contributed by atoms with Crippen molar-refractivity contribution in [3.63, 3.8) is 0 Å². The predicted molar refractivity (Wildman–Crippen MR) is 129 cm³/mol. The van der Waals surface area contributed by atoms with Crippen LogP contribution in [0.3, 0.4) is 0 Å². The van der Waals surface area contributed by atoms with Gasteiger partial charge in [0.25, 0.3) is 0 Å². The van der Waals surface area contributed by atoms with Crippen LogP contribution < -0.4 is 10.1 Å². The number of fused-ring (bicyclic) bond motifs is 1. The third-order valence-electron chi connectivity index (χ3n) is 5.60. The Labute approximate surface area is 198 Å². The Bertz CT molecular complexity index is 970. The Morgan fingerprint density at radius 1 is 1.36 bits per heavy atom. The van der Waals surface area contributed by atoms with Crippen molar-refractivity contribution >= 4 is 16.1 Å². The molecule has 0 aliphatic carbocycles. The number of hydrogen-bond donors (Lipinski definition) is 2. The van der Waals surface area contributed by atoms with E-state index in [4.69, 9.17) is 4.74 Å². The van der Waals surface area contributed by atoms with Crippen molar-refractivity contribution in [1.82, 2.24) is 14.5 Å². The molecule has 1 heterocycles. The lowest BCUT2D eigenvalue weighted by molar-refractivity contribution is 0.0812. The van der Waals surface area contributed by atoms with Gasteiger partial charge in [-0.15, -0.1) is 0 Å². The van der Waals surface area contributed by atoms with Crippen LogP contribution in [-0.4, -0.2) is 74.2 Å². The predicted octanol–water partition coefficient (Wildman–Crippen LogP) is 2.66. The normalized spacial score (nSPS) is 20.8. The van der Waals surface area contributed by atoms with E-state index in [0.717, 1.165) is 19.3 Å². The lowest BCUT2D eigenvalue weighted by Gasteiger charge is -2.37. The van der Waals surface area contributed by atoms with Crippen LogP contribution in [0.5, 0.6) is 5.75 Å². The van der Waals surface area contributed by atoms with Crippen molar-refractivity contribution < 1.29 is 23.1 Å². The molecule has 0 spiro atoms. The van der Waals surface area contributed by atoms with Gasteiger partial charge in [0.2, 0.25) is 10.0 Å². The number of nitrogens with zero attached hydrogens (tertiary/aromatic N) is 2. The number of ether oxygens (including phenoxy) is 1. The standard InChI is InChI=1S/C24H37N3O5S/c1-6-8-9-10-20-11-12-23-21(14-20)32-22(16-26(5)24(29)25-13-7-2)18(3)15-27(19(4)17-28)33(23,30)31/h11-12,14,18-19,22,28H,6-8,13,15-17H2,1-5H3,(H,25,29)/t18-,19-,22+/m0/s1. The van der Waals surface area contributed by atoms with E-state index in [2.05, 4.69) is 17.2 Å². The van der Waals surface area contributed by atoms with Crippen molar-refractivity contribution in [1.29, 1.82) is 0 Å². The molecule has 2 N–H and O–H groups in total. The molecule has 0 unspecified atom stereocenters. The molecule has 0 bridgehead atoms. The number of benzene rings is 1. The van der Waals surface area contributed by atoms with Gasteiger partial charge in [0, 0.05) is 44.1 Å². The number of hydrogen-bond acceptors (Lipinski definition) is 5. The number of rotatable bonds is 7. The lowest BCUT2D eigenvalue weighted by Crippen LogP contribution is -2.51. The second kappa shape index (κ2) is 12.3. The molecule has 0 fully saturated rings. The van der Waals surface area contributed by atoms with E-state index >= 15 is 0 Å². The number of urea groups is 1. The molecule has 0 aromatic heterocycles. The van der Waals surface area contributed by atoms with Crippen molar-refractivity contribution in [3.05, 3.63) is 23.8 Å². The fourth-order valence-corrected chi connectivity index (χ4v) is 5.36. The summed E-state index contributed by atoms with van der Waals surface area (Å²) in [4.78, 5) is 14.0. The highest BCUT2D eigenvalue weighted by Gasteiger charge is 2.38. The summed E-state index contributed by atoms with van der Waals surface area (Å²) >= 11 is 0. The van der Waals surface area contributed by atoms with Crippen LogP contribution in [-0.2, 0) is 10.0 Å². The first-order valence-corrected chi connectivity index (χ1v) is 13.0. The summed E-state index contributed by atoms with van der Waals surface area (Å²) in [6, 6.07) is 4.04. The summed E-state index contributed by atoms with van der Waals surface area (Å²) in [5.74, 6) is 6.11. The molecule has 1 aliphatic heterocycles. The van der Waals surface area contributed by atoms with E-state index in [-0.39, 0.29) is 42.3 Å². The van der Waals surface area contributed by atoms with Crippen LogP contribution in [0.4, 0.5) is 4.79 Å². The van der Waals surface area contributed by atoms with E-state index in [1.54, 1.807) is 31.0 Å². The number of likely N-dealkylation sites (N-methyl/N-ethyl adjacent to an activating group) is 1. The number of carbonyl (C=O) groups excluding carboxylic acids is 1. The van der Waals surface area contributed by atoms with E-state index in [1.165, 1.54) is 10.4 Å². The number of aliphatic hydroxyl groups is 1.